The van der Waals surface area contributed by atoms with Crippen LogP contribution in [0.2, 0.25) is 10.0 Å². The summed E-state index contributed by atoms with van der Waals surface area (Å²) in [7, 11) is 0. The Morgan fingerprint density at radius 1 is 1.00 bits per heavy atom. The van der Waals surface area contributed by atoms with Crippen LogP contribution in [0.1, 0.15) is 15.9 Å². The highest BCUT2D eigenvalue weighted by atomic mass is 79.9. The van der Waals surface area contributed by atoms with Gasteiger partial charge in [-0.15, -0.1) is 0 Å². The summed E-state index contributed by atoms with van der Waals surface area (Å²) >= 11 is 14.8. The van der Waals surface area contributed by atoms with Gasteiger partial charge >= 0.3 is 0 Å². The van der Waals surface area contributed by atoms with E-state index >= 15 is 0 Å². The molecule has 6 heteroatoms. The van der Waals surface area contributed by atoms with E-state index in [0.29, 0.717) is 9.50 Å². The molecule has 0 N–H and O–H groups in total. The van der Waals surface area contributed by atoms with E-state index in [-0.39, 0.29) is 16.1 Å². The Bertz CT molecular complexity index is 674. The van der Waals surface area contributed by atoms with Gasteiger partial charge in [0.2, 0.25) is 0 Å². The van der Waals surface area contributed by atoms with Gasteiger partial charge in [-0.3, -0.25) is 4.79 Å². The molecule has 0 saturated carbocycles. The Hall–Kier alpha value is -0.970. The van der Waals surface area contributed by atoms with E-state index < -0.39 is 17.4 Å². The number of benzene rings is 2. The number of carbonyl (C=O) groups is 1. The van der Waals surface area contributed by atoms with Gasteiger partial charge in [0.1, 0.15) is 0 Å². The Balaban J connectivity index is 2.56. The summed E-state index contributed by atoms with van der Waals surface area (Å²) in [4.78, 5) is 12.2. The first kappa shape index (κ1) is 14.4. The van der Waals surface area contributed by atoms with Crippen molar-refractivity contribution in [3.8, 4) is 0 Å². The molecular formula is C13H5BrCl2F2O. The quantitative estimate of drug-likeness (QED) is 0.523. The monoisotopic (exact) mass is 364 g/mol. The molecule has 0 atom stereocenters. The van der Waals surface area contributed by atoms with Crippen molar-refractivity contribution in [3.63, 3.8) is 0 Å². The van der Waals surface area contributed by atoms with Crippen LogP contribution in [0, 0.1) is 11.6 Å². The minimum atomic E-state index is -1.13. The van der Waals surface area contributed by atoms with Crippen LogP contribution in [-0.2, 0) is 0 Å². The minimum Gasteiger partial charge on any atom is -0.289 e. The lowest BCUT2D eigenvalue weighted by atomic mass is 10.0. The molecule has 98 valence electrons. The molecule has 0 fully saturated rings. The molecule has 0 bridgehead atoms. The molecule has 2 aromatic rings. The van der Waals surface area contributed by atoms with Gasteiger partial charge in [-0.25, -0.2) is 8.78 Å². The lowest BCUT2D eigenvalue weighted by molar-refractivity contribution is 0.103. The molecule has 2 aromatic carbocycles. The molecule has 0 aliphatic rings. The number of rotatable bonds is 2. The molecule has 0 aromatic heterocycles. The van der Waals surface area contributed by atoms with E-state index in [0.717, 1.165) is 12.1 Å². The van der Waals surface area contributed by atoms with E-state index in [2.05, 4.69) is 15.9 Å². The first-order valence-corrected chi connectivity index (χ1v) is 6.59. The maximum Gasteiger partial charge on any atom is 0.195 e. The summed E-state index contributed by atoms with van der Waals surface area (Å²) in [6, 6.07) is 6.14. The molecule has 0 aliphatic carbocycles. The van der Waals surface area contributed by atoms with Crippen LogP contribution < -0.4 is 0 Å². The van der Waals surface area contributed by atoms with E-state index in [9.17, 15) is 13.6 Å². The highest BCUT2D eigenvalue weighted by Crippen LogP contribution is 2.27. The lowest BCUT2D eigenvalue weighted by Crippen LogP contribution is -2.05. The predicted molar refractivity (Wildman–Crippen MR) is 74.0 cm³/mol. The van der Waals surface area contributed by atoms with Crippen LogP contribution in [0.4, 0.5) is 8.78 Å². The largest absolute Gasteiger partial charge is 0.289 e. The second-order valence-electron chi connectivity index (χ2n) is 3.70. The van der Waals surface area contributed by atoms with Crippen molar-refractivity contribution < 1.29 is 13.6 Å². The van der Waals surface area contributed by atoms with Gasteiger partial charge in [0.05, 0.1) is 5.02 Å². The summed E-state index contributed by atoms with van der Waals surface area (Å²) in [6.07, 6.45) is 0. The Labute approximate surface area is 126 Å². The maximum absolute atomic E-state index is 13.2. The third-order valence-corrected chi connectivity index (χ3v) is 3.67. The fourth-order valence-corrected chi connectivity index (χ4v) is 2.35. The SMILES string of the molecule is O=C(c1cc(F)c(F)cc1Cl)c1cc(Cl)ccc1Br. The van der Waals surface area contributed by atoms with Gasteiger partial charge in [0.25, 0.3) is 0 Å². The van der Waals surface area contributed by atoms with Crippen molar-refractivity contribution in [3.05, 3.63) is 67.6 Å². The number of ketones is 1. The minimum absolute atomic E-state index is 0.122. The first-order valence-electron chi connectivity index (χ1n) is 5.04. The topological polar surface area (TPSA) is 17.1 Å². The van der Waals surface area contributed by atoms with Gasteiger partial charge in [-0.05, 0) is 30.3 Å². The first-order chi connectivity index (χ1) is 8.90. The van der Waals surface area contributed by atoms with Crippen LogP contribution in [0.5, 0.6) is 0 Å². The normalized spacial score (nSPS) is 10.6. The van der Waals surface area contributed by atoms with Gasteiger partial charge in [0.15, 0.2) is 17.4 Å². The predicted octanol–water partition coefficient (Wildman–Crippen LogP) is 5.27. The van der Waals surface area contributed by atoms with Crippen molar-refractivity contribution in [2.45, 2.75) is 0 Å². The Morgan fingerprint density at radius 3 is 2.32 bits per heavy atom. The Morgan fingerprint density at radius 2 is 1.63 bits per heavy atom. The van der Waals surface area contributed by atoms with E-state index in [1.165, 1.54) is 6.07 Å². The molecular weight excluding hydrogens is 361 g/mol. The third-order valence-electron chi connectivity index (χ3n) is 2.43. The smallest absolute Gasteiger partial charge is 0.195 e. The Kier molecular flexibility index (Phi) is 4.23. The molecule has 0 heterocycles. The molecule has 0 saturated heterocycles. The second kappa shape index (κ2) is 5.57. The summed E-state index contributed by atoms with van der Waals surface area (Å²) in [5, 5.41) is 0.195. The summed E-state index contributed by atoms with van der Waals surface area (Å²) in [6.45, 7) is 0. The van der Waals surface area contributed by atoms with Crippen molar-refractivity contribution >= 4 is 44.9 Å². The zero-order valence-electron chi connectivity index (χ0n) is 9.18. The molecule has 0 aliphatic heterocycles. The maximum atomic E-state index is 13.2. The van der Waals surface area contributed by atoms with Crippen molar-refractivity contribution in [2.24, 2.45) is 0 Å². The number of hydrogen-bond donors (Lipinski definition) is 0. The van der Waals surface area contributed by atoms with E-state index in [1.54, 1.807) is 12.1 Å². The molecule has 0 radical (unpaired) electrons. The third kappa shape index (κ3) is 2.96. The fraction of sp³-hybridized carbons (Fsp3) is 0. The lowest BCUT2D eigenvalue weighted by Gasteiger charge is -2.07. The van der Waals surface area contributed by atoms with Crippen molar-refractivity contribution in [1.82, 2.24) is 0 Å². The van der Waals surface area contributed by atoms with Crippen molar-refractivity contribution in [1.29, 1.82) is 0 Å². The second-order valence-corrected chi connectivity index (χ2v) is 5.40. The molecule has 0 unspecified atom stereocenters. The average Bonchev–Trinajstić information content (AvgIpc) is 2.36. The average molecular weight is 366 g/mol. The zero-order chi connectivity index (χ0) is 14.2. The van der Waals surface area contributed by atoms with Crippen LogP contribution in [0.25, 0.3) is 0 Å². The molecule has 0 amide bonds. The van der Waals surface area contributed by atoms with Crippen LogP contribution in [-0.4, -0.2) is 5.78 Å². The van der Waals surface area contributed by atoms with Gasteiger partial charge in [-0.2, -0.15) is 0 Å². The highest BCUT2D eigenvalue weighted by Gasteiger charge is 2.18. The standard InChI is InChI=1S/C13H5BrCl2F2O/c14-9-2-1-6(15)3-7(9)13(19)8-4-11(17)12(18)5-10(8)16/h1-5H. The van der Waals surface area contributed by atoms with E-state index in [1.807, 2.05) is 0 Å². The summed E-state index contributed by atoms with van der Waals surface area (Å²) in [5.41, 5.74) is 0.101. The summed E-state index contributed by atoms with van der Waals surface area (Å²) in [5.74, 6) is -2.78. The number of halogens is 5. The van der Waals surface area contributed by atoms with Crippen LogP contribution in [0.3, 0.4) is 0 Å². The fourth-order valence-electron chi connectivity index (χ4n) is 1.51. The zero-order valence-corrected chi connectivity index (χ0v) is 12.3. The van der Waals surface area contributed by atoms with Crippen molar-refractivity contribution in [2.75, 3.05) is 0 Å². The molecule has 19 heavy (non-hydrogen) atoms. The number of hydrogen-bond acceptors (Lipinski definition) is 1. The van der Waals surface area contributed by atoms with Gasteiger partial charge in [0, 0.05) is 20.6 Å². The van der Waals surface area contributed by atoms with Gasteiger partial charge in [-0.1, -0.05) is 39.1 Å². The number of carbonyl (C=O) groups excluding carboxylic acids is 1. The molecule has 1 nitrogen and oxygen atoms in total. The van der Waals surface area contributed by atoms with E-state index in [4.69, 9.17) is 23.2 Å². The highest BCUT2D eigenvalue weighted by molar-refractivity contribution is 9.10. The van der Waals surface area contributed by atoms with Crippen LogP contribution in [0.15, 0.2) is 34.8 Å². The van der Waals surface area contributed by atoms with Crippen LogP contribution >= 0.6 is 39.1 Å². The molecule has 0 spiro atoms. The summed E-state index contributed by atoms with van der Waals surface area (Å²) < 4.78 is 26.6. The molecule has 2 rings (SSSR count). The van der Waals surface area contributed by atoms with Gasteiger partial charge < -0.3 is 0 Å².